The maximum Gasteiger partial charge on any atom is 0.270 e. The normalized spacial score (nSPS) is 17.2. The van der Waals surface area contributed by atoms with Gasteiger partial charge in [0, 0.05) is 16.0 Å². The van der Waals surface area contributed by atoms with Crippen molar-refractivity contribution in [3.05, 3.63) is 28.5 Å². The molecule has 1 amide bonds. The van der Waals surface area contributed by atoms with Crippen LogP contribution in [0, 0.1) is 0 Å². The van der Waals surface area contributed by atoms with Gasteiger partial charge in [0.25, 0.3) is 5.91 Å². The fourth-order valence-electron chi connectivity index (χ4n) is 1.26. The molecule has 1 saturated carbocycles. The van der Waals surface area contributed by atoms with Gasteiger partial charge in [0.05, 0.1) is 5.54 Å². The first-order valence-corrected chi connectivity index (χ1v) is 6.57. The monoisotopic (exact) mass is 332 g/mol. The Bertz CT molecular complexity index is 374. The molecule has 15 heavy (non-hydrogen) atoms. The first kappa shape index (κ1) is 11.1. The summed E-state index contributed by atoms with van der Waals surface area (Å²) in [5.74, 6) is -0.0977. The van der Waals surface area contributed by atoms with Crippen LogP contribution < -0.4 is 5.32 Å². The van der Waals surface area contributed by atoms with Gasteiger partial charge in [-0.25, -0.2) is 4.98 Å². The van der Waals surface area contributed by atoms with Gasteiger partial charge < -0.3 is 5.32 Å². The summed E-state index contributed by atoms with van der Waals surface area (Å²) in [7, 11) is 0. The van der Waals surface area contributed by atoms with Crippen LogP contribution >= 0.6 is 31.9 Å². The minimum absolute atomic E-state index is 0.0220. The second kappa shape index (κ2) is 4.22. The summed E-state index contributed by atoms with van der Waals surface area (Å²) in [6.45, 7) is 0. The van der Waals surface area contributed by atoms with E-state index in [9.17, 15) is 4.79 Å². The summed E-state index contributed by atoms with van der Waals surface area (Å²) >= 11 is 6.68. The average molecular weight is 334 g/mol. The molecule has 1 fully saturated rings. The third-order valence-electron chi connectivity index (χ3n) is 2.45. The van der Waals surface area contributed by atoms with E-state index in [-0.39, 0.29) is 11.4 Å². The van der Waals surface area contributed by atoms with Gasteiger partial charge in [-0.15, -0.1) is 0 Å². The average Bonchev–Trinajstić information content (AvgIpc) is 2.99. The van der Waals surface area contributed by atoms with Crippen LogP contribution in [0.4, 0.5) is 0 Å². The van der Waals surface area contributed by atoms with Gasteiger partial charge >= 0.3 is 0 Å². The van der Waals surface area contributed by atoms with Crippen LogP contribution in [0.2, 0.25) is 0 Å². The zero-order valence-electron chi connectivity index (χ0n) is 7.96. The molecule has 0 aromatic carbocycles. The van der Waals surface area contributed by atoms with E-state index >= 15 is 0 Å². The van der Waals surface area contributed by atoms with Crippen molar-refractivity contribution < 1.29 is 4.79 Å². The molecule has 0 bridgehead atoms. The predicted octanol–water partition coefficient (Wildman–Crippen LogP) is 2.50. The SMILES string of the molecule is O=C(NC1(CBr)CC1)c1ccc(Br)cn1. The Balaban J connectivity index is 2.05. The highest BCUT2D eigenvalue weighted by Gasteiger charge is 2.43. The lowest BCUT2D eigenvalue weighted by Gasteiger charge is -2.13. The molecule has 3 nitrogen and oxygen atoms in total. The molecule has 1 aromatic rings. The molecule has 80 valence electrons. The Morgan fingerprint density at radius 1 is 1.53 bits per heavy atom. The van der Waals surface area contributed by atoms with Crippen molar-refractivity contribution >= 4 is 37.8 Å². The Hall–Kier alpha value is -0.420. The molecule has 1 aliphatic rings. The lowest BCUT2D eigenvalue weighted by molar-refractivity contribution is 0.0931. The second-order valence-corrected chi connectivity index (χ2v) is 5.21. The van der Waals surface area contributed by atoms with Crippen molar-refractivity contribution in [2.45, 2.75) is 18.4 Å². The van der Waals surface area contributed by atoms with Crippen molar-refractivity contribution in [2.75, 3.05) is 5.33 Å². The molecule has 0 atom stereocenters. The van der Waals surface area contributed by atoms with Crippen LogP contribution in [0.15, 0.2) is 22.8 Å². The number of nitrogens with one attached hydrogen (secondary N) is 1. The highest BCUT2D eigenvalue weighted by molar-refractivity contribution is 9.10. The third kappa shape index (κ3) is 2.58. The van der Waals surface area contributed by atoms with E-state index in [4.69, 9.17) is 0 Å². The molecule has 1 aliphatic carbocycles. The molecule has 1 N–H and O–H groups in total. The first-order chi connectivity index (χ1) is 7.15. The van der Waals surface area contributed by atoms with Crippen molar-refractivity contribution in [1.29, 1.82) is 0 Å². The molecular formula is C10H10Br2N2O. The number of carbonyl (C=O) groups is 1. The number of alkyl halides is 1. The lowest BCUT2D eigenvalue weighted by Crippen LogP contribution is -2.38. The predicted molar refractivity (Wildman–Crippen MR) is 65.2 cm³/mol. The maximum absolute atomic E-state index is 11.8. The van der Waals surface area contributed by atoms with E-state index in [0.29, 0.717) is 5.69 Å². The Kier molecular flexibility index (Phi) is 3.11. The van der Waals surface area contributed by atoms with Crippen LogP contribution in [0.5, 0.6) is 0 Å². The largest absolute Gasteiger partial charge is 0.344 e. The summed E-state index contributed by atoms with van der Waals surface area (Å²) in [6.07, 6.45) is 3.71. The van der Waals surface area contributed by atoms with Crippen LogP contribution in [-0.4, -0.2) is 21.8 Å². The second-order valence-electron chi connectivity index (χ2n) is 3.73. The highest BCUT2D eigenvalue weighted by Crippen LogP contribution is 2.37. The van der Waals surface area contributed by atoms with E-state index in [1.165, 1.54) is 0 Å². The molecule has 0 saturated heterocycles. The molecule has 5 heteroatoms. The fraction of sp³-hybridized carbons (Fsp3) is 0.400. The number of nitrogens with zero attached hydrogens (tertiary/aromatic N) is 1. The number of hydrogen-bond donors (Lipinski definition) is 1. The van der Waals surface area contributed by atoms with Gasteiger partial charge in [-0.2, -0.15) is 0 Å². The van der Waals surface area contributed by atoms with Crippen molar-refractivity contribution in [3.63, 3.8) is 0 Å². The summed E-state index contributed by atoms with van der Waals surface area (Å²) in [5, 5.41) is 3.80. The molecular weight excluding hydrogens is 324 g/mol. The van der Waals surface area contributed by atoms with Gasteiger partial charge in [0.15, 0.2) is 0 Å². The van der Waals surface area contributed by atoms with E-state index in [2.05, 4.69) is 42.2 Å². The molecule has 0 spiro atoms. The quantitative estimate of drug-likeness (QED) is 0.863. The Morgan fingerprint density at radius 3 is 2.73 bits per heavy atom. The van der Waals surface area contributed by atoms with Crippen molar-refractivity contribution in [3.8, 4) is 0 Å². The van der Waals surface area contributed by atoms with E-state index in [0.717, 1.165) is 22.6 Å². The maximum atomic E-state index is 11.8. The van der Waals surface area contributed by atoms with Crippen LogP contribution in [0.1, 0.15) is 23.3 Å². The number of rotatable bonds is 3. The van der Waals surface area contributed by atoms with Gasteiger partial charge in [0.2, 0.25) is 0 Å². The Morgan fingerprint density at radius 2 is 2.27 bits per heavy atom. The number of hydrogen-bond acceptors (Lipinski definition) is 2. The van der Waals surface area contributed by atoms with Crippen molar-refractivity contribution in [1.82, 2.24) is 10.3 Å². The van der Waals surface area contributed by atoms with Gasteiger partial charge in [-0.1, -0.05) is 15.9 Å². The van der Waals surface area contributed by atoms with Crippen LogP contribution in [-0.2, 0) is 0 Å². The van der Waals surface area contributed by atoms with Gasteiger partial charge in [-0.05, 0) is 40.9 Å². The highest BCUT2D eigenvalue weighted by atomic mass is 79.9. The summed E-state index contributed by atoms with van der Waals surface area (Å²) < 4.78 is 0.876. The number of halogens is 2. The number of pyridine rings is 1. The van der Waals surface area contributed by atoms with Crippen LogP contribution in [0.3, 0.4) is 0 Å². The molecule has 0 radical (unpaired) electrons. The van der Waals surface area contributed by atoms with Crippen molar-refractivity contribution in [2.24, 2.45) is 0 Å². The topological polar surface area (TPSA) is 42.0 Å². The summed E-state index contributed by atoms with van der Waals surface area (Å²) in [5.41, 5.74) is 0.441. The Labute approximate surface area is 105 Å². The minimum Gasteiger partial charge on any atom is -0.344 e. The minimum atomic E-state index is -0.0977. The molecule has 0 unspecified atom stereocenters. The molecule has 1 heterocycles. The van der Waals surface area contributed by atoms with E-state index in [1.807, 2.05) is 6.07 Å². The molecule has 2 rings (SSSR count). The smallest absolute Gasteiger partial charge is 0.270 e. The third-order valence-corrected chi connectivity index (χ3v) is 3.99. The number of amides is 1. The molecule has 0 aliphatic heterocycles. The molecule has 1 aromatic heterocycles. The van der Waals surface area contributed by atoms with Crippen LogP contribution in [0.25, 0.3) is 0 Å². The fourth-order valence-corrected chi connectivity index (χ4v) is 2.19. The number of aromatic nitrogens is 1. The number of carbonyl (C=O) groups excluding carboxylic acids is 1. The summed E-state index contributed by atoms with van der Waals surface area (Å²) in [6, 6.07) is 3.53. The van der Waals surface area contributed by atoms with Gasteiger partial charge in [0.1, 0.15) is 5.69 Å². The first-order valence-electron chi connectivity index (χ1n) is 4.65. The summed E-state index contributed by atoms with van der Waals surface area (Å²) in [4.78, 5) is 15.8. The standard InChI is InChI=1S/C10H10Br2N2O/c11-6-10(3-4-10)14-9(15)8-2-1-7(12)5-13-8/h1-2,5H,3-4,6H2,(H,14,15). The zero-order chi connectivity index (χ0) is 10.9. The van der Waals surface area contributed by atoms with Gasteiger partial charge in [-0.3, -0.25) is 4.79 Å². The van der Waals surface area contributed by atoms with E-state index in [1.54, 1.807) is 12.3 Å². The lowest BCUT2D eigenvalue weighted by atomic mass is 10.3. The van der Waals surface area contributed by atoms with E-state index < -0.39 is 0 Å². The zero-order valence-corrected chi connectivity index (χ0v) is 11.1.